The monoisotopic (exact) mass is 400 g/mol. The highest BCUT2D eigenvalue weighted by Gasteiger charge is 2.26. The molecule has 0 aliphatic heterocycles. The zero-order valence-corrected chi connectivity index (χ0v) is 15.0. The largest absolute Gasteiger partial charge is 0.452 e. The van der Waals surface area contributed by atoms with Gasteiger partial charge in [0.05, 0.1) is 15.4 Å². The number of para-hydroxylation sites is 2. The molecule has 0 radical (unpaired) electrons. The van der Waals surface area contributed by atoms with Crippen LogP contribution in [0.25, 0.3) is 0 Å². The number of hydrogen-bond acceptors (Lipinski definition) is 8. The molecule has 29 heavy (non-hydrogen) atoms. The van der Waals surface area contributed by atoms with Crippen LogP contribution in [0.3, 0.4) is 0 Å². The van der Waals surface area contributed by atoms with E-state index in [0.29, 0.717) is 5.69 Å². The lowest BCUT2D eigenvalue weighted by Crippen LogP contribution is -2.21. The van der Waals surface area contributed by atoms with Crippen molar-refractivity contribution in [2.45, 2.75) is 18.9 Å². The van der Waals surface area contributed by atoms with Gasteiger partial charge >= 0.3 is 5.97 Å². The van der Waals surface area contributed by atoms with Crippen LogP contribution in [0.1, 0.15) is 23.2 Å². The van der Waals surface area contributed by atoms with E-state index in [1.165, 1.54) is 36.4 Å². The third-order valence-corrected chi connectivity index (χ3v) is 4.08. The summed E-state index contributed by atoms with van der Waals surface area (Å²) in [6.45, 7) is -0.708. The summed E-state index contributed by atoms with van der Waals surface area (Å²) in [5.41, 5.74) is -0.387. The number of esters is 1. The van der Waals surface area contributed by atoms with Gasteiger partial charge in [-0.05, 0) is 31.0 Å². The van der Waals surface area contributed by atoms with Gasteiger partial charge < -0.3 is 15.4 Å². The maximum absolute atomic E-state index is 12.1. The summed E-state index contributed by atoms with van der Waals surface area (Å²) < 4.78 is 4.87. The van der Waals surface area contributed by atoms with Crippen molar-refractivity contribution in [1.29, 1.82) is 0 Å². The molecule has 1 amide bonds. The Morgan fingerprint density at radius 3 is 2.34 bits per heavy atom. The second kappa shape index (κ2) is 8.33. The first-order chi connectivity index (χ1) is 13.8. The van der Waals surface area contributed by atoms with E-state index in [2.05, 4.69) is 10.6 Å². The number of hydrogen-bond donors (Lipinski definition) is 2. The molecule has 0 atom stereocenters. The molecule has 3 rings (SSSR count). The van der Waals surface area contributed by atoms with Gasteiger partial charge in [0, 0.05) is 18.2 Å². The molecule has 0 unspecified atom stereocenters. The molecule has 0 spiro atoms. The van der Waals surface area contributed by atoms with Crippen LogP contribution < -0.4 is 10.6 Å². The van der Waals surface area contributed by atoms with Crippen LogP contribution in [0.4, 0.5) is 22.7 Å². The number of carbonyl (C=O) groups excluding carboxylic acids is 2. The Morgan fingerprint density at radius 1 is 1.00 bits per heavy atom. The van der Waals surface area contributed by atoms with E-state index in [4.69, 9.17) is 4.74 Å². The number of nitro groups is 2. The molecular weight excluding hydrogens is 384 g/mol. The van der Waals surface area contributed by atoms with E-state index in [-0.39, 0.29) is 28.7 Å². The predicted octanol–water partition coefficient (Wildman–Crippen LogP) is 2.87. The van der Waals surface area contributed by atoms with E-state index in [1.54, 1.807) is 0 Å². The van der Waals surface area contributed by atoms with Crippen LogP contribution in [-0.4, -0.2) is 34.4 Å². The highest BCUT2D eigenvalue weighted by atomic mass is 16.6. The van der Waals surface area contributed by atoms with Crippen LogP contribution in [0, 0.1) is 20.2 Å². The van der Waals surface area contributed by atoms with E-state index in [9.17, 15) is 29.8 Å². The molecule has 2 aromatic rings. The number of carbonyl (C=O) groups is 2. The lowest BCUT2D eigenvalue weighted by molar-refractivity contribution is -0.384. The lowest BCUT2D eigenvalue weighted by Gasteiger charge is -2.09. The second-order valence-corrected chi connectivity index (χ2v) is 6.31. The summed E-state index contributed by atoms with van der Waals surface area (Å²) in [5, 5.41) is 27.5. The quantitative estimate of drug-likeness (QED) is 0.389. The van der Waals surface area contributed by atoms with Crippen LogP contribution in [0.5, 0.6) is 0 Å². The maximum Gasteiger partial charge on any atom is 0.338 e. The molecule has 0 heterocycles. The van der Waals surface area contributed by atoms with Gasteiger partial charge in [0.1, 0.15) is 11.4 Å². The van der Waals surface area contributed by atoms with Gasteiger partial charge in [-0.3, -0.25) is 25.0 Å². The smallest absolute Gasteiger partial charge is 0.338 e. The SMILES string of the molecule is O=C(COC(=O)c1ccc(NC2CC2)c([N+](=O)[O-])c1)Nc1ccccc1[N+](=O)[O-]. The molecule has 2 N–H and O–H groups in total. The van der Waals surface area contributed by atoms with Gasteiger partial charge in [-0.2, -0.15) is 0 Å². The second-order valence-electron chi connectivity index (χ2n) is 6.31. The first-order valence-electron chi connectivity index (χ1n) is 8.60. The highest BCUT2D eigenvalue weighted by molar-refractivity contribution is 5.97. The summed E-state index contributed by atoms with van der Waals surface area (Å²) in [5.74, 6) is -1.71. The standard InChI is InChI=1S/C18H16N4O7/c23-17(20-13-3-1-2-4-15(13)21(25)26)10-29-18(24)11-5-8-14(19-12-6-7-12)16(9-11)22(27)28/h1-5,8-9,12,19H,6-7,10H2,(H,20,23). The van der Waals surface area contributed by atoms with Crippen molar-refractivity contribution in [2.24, 2.45) is 0 Å². The zero-order valence-electron chi connectivity index (χ0n) is 15.0. The Labute approximate surface area is 164 Å². The molecule has 0 saturated heterocycles. The third kappa shape index (κ3) is 5.03. The summed E-state index contributed by atoms with van der Waals surface area (Å²) in [6, 6.07) is 9.56. The van der Waals surface area contributed by atoms with E-state index in [0.717, 1.165) is 18.9 Å². The number of anilines is 2. The number of amides is 1. The molecule has 0 bridgehead atoms. The fraction of sp³-hybridized carbons (Fsp3) is 0.222. The van der Waals surface area contributed by atoms with E-state index < -0.39 is 28.3 Å². The molecule has 0 aromatic heterocycles. The number of nitrogens with one attached hydrogen (secondary N) is 2. The Bertz CT molecular complexity index is 988. The Kier molecular flexibility index (Phi) is 5.67. The molecule has 1 saturated carbocycles. The van der Waals surface area contributed by atoms with Crippen molar-refractivity contribution in [1.82, 2.24) is 0 Å². The Hall–Kier alpha value is -4.02. The molecule has 1 aliphatic rings. The Balaban J connectivity index is 1.63. The van der Waals surface area contributed by atoms with Crippen molar-refractivity contribution < 1.29 is 24.2 Å². The molecule has 1 fully saturated rings. The van der Waals surface area contributed by atoms with Crippen molar-refractivity contribution in [3.63, 3.8) is 0 Å². The topological polar surface area (TPSA) is 154 Å². The van der Waals surface area contributed by atoms with Crippen LogP contribution in [0.15, 0.2) is 42.5 Å². The number of nitrogens with zero attached hydrogens (tertiary/aromatic N) is 2. The van der Waals surface area contributed by atoms with Gasteiger partial charge in [-0.25, -0.2) is 4.79 Å². The number of ether oxygens (including phenoxy) is 1. The van der Waals surface area contributed by atoms with Gasteiger partial charge in [0.2, 0.25) is 0 Å². The van der Waals surface area contributed by atoms with Crippen molar-refractivity contribution >= 4 is 34.6 Å². The first kappa shape index (κ1) is 19.7. The van der Waals surface area contributed by atoms with Crippen molar-refractivity contribution in [3.05, 3.63) is 68.3 Å². The lowest BCUT2D eigenvalue weighted by atomic mass is 10.1. The fourth-order valence-electron chi connectivity index (χ4n) is 2.52. The summed E-state index contributed by atoms with van der Waals surface area (Å²) in [6.07, 6.45) is 1.85. The maximum atomic E-state index is 12.1. The minimum atomic E-state index is -0.927. The van der Waals surface area contributed by atoms with Crippen molar-refractivity contribution in [2.75, 3.05) is 17.2 Å². The van der Waals surface area contributed by atoms with E-state index in [1.807, 2.05) is 0 Å². The van der Waals surface area contributed by atoms with Crippen LogP contribution >= 0.6 is 0 Å². The Morgan fingerprint density at radius 2 is 1.69 bits per heavy atom. The number of benzene rings is 2. The fourth-order valence-corrected chi connectivity index (χ4v) is 2.52. The third-order valence-electron chi connectivity index (χ3n) is 4.08. The van der Waals surface area contributed by atoms with Crippen LogP contribution in [0.2, 0.25) is 0 Å². The van der Waals surface area contributed by atoms with E-state index >= 15 is 0 Å². The van der Waals surface area contributed by atoms with Gasteiger partial charge in [0.25, 0.3) is 17.3 Å². The molecule has 11 heteroatoms. The molecule has 11 nitrogen and oxygen atoms in total. The predicted molar refractivity (Wildman–Crippen MR) is 102 cm³/mol. The normalized spacial score (nSPS) is 12.7. The molecular formula is C18H16N4O7. The number of rotatable bonds is 8. The van der Waals surface area contributed by atoms with Gasteiger partial charge in [-0.15, -0.1) is 0 Å². The summed E-state index contributed by atoms with van der Waals surface area (Å²) in [4.78, 5) is 45.0. The molecule has 150 valence electrons. The minimum absolute atomic E-state index is 0.0373. The average Bonchev–Trinajstić information content (AvgIpc) is 3.50. The average molecular weight is 400 g/mol. The minimum Gasteiger partial charge on any atom is -0.452 e. The van der Waals surface area contributed by atoms with Gasteiger partial charge in [-0.1, -0.05) is 12.1 Å². The van der Waals surface area contributed by atoms with Crippen molar-refractivity contribution in [3.8, 4) is 0 Å². The highest BCUT2D eigenvalue weighted by Crippen LogP contribution is 2.31. The van der Waals surface area contributed by atoms with Gasteiger partial charge in [0.15, 0.2) is 6.61 Å². The summed E-state index contributed by atoms with van der Waals surface area (Å²) in [7, 11) is 0. The van der Waals surface area contributed by atoms with Crippen LogP contribution in [-0.2, 0) is 9.53 Å². The molecule has 2 aromatic carbocycles. The number of nitro benzene ring substituents is 2. The molecule has 1 aliphatic carbocycles. The summed E-state index contributed by atoms with van der Waals surface area (Å²) >= 11 is 0. The first-order valence-corrected chi connectivity index (χ1v) is 8.60. The zero-order chi connectivity index (χ0) is 21.0.